The van der Waals surface area contributed by atoms with Crippen LogP contribution in [0.3, 0.4) is 0 Å². The molecular formula is C14H12N2O2. The Kier molecular flexibility index (Phi) is 2.99. The van der Waals surface area contributed by atoms with Crippen LogP contribution in [-0.2, 0) is 16.1 Å². The zero-order chi connectivity index (χ0) is 13.3. The Morgan fingerprint density at radius 2 is 1.56 bits per heavy atom. The highest BCUT2D eigenvalue weighted by Crippen LogP contribution is 2.21. The highest BCUT2D eigenvalue weighted by Gasteiger charge is 2.32. The highest BCUT2D eigenvalue weighted by atomic mass is 16.2. The molecule has 18 heavy (non-hydrogen) atoms. The van der Waals surface area contributed by atoms with E-state index in [0.717, 1.165) is 5.56 Å². The number of benzene rings is 1. The lowest BCUT2D eigenvalue weighted by Crippen LogP contribution is -2.30. The van der Waals surface area contributed by atoms with Gasteiger partial charge in [0.2, 0.25) is 0 Å². The molecule has 1 aliphatic heterocycles. The van der Waals surface area contributed by atoms with Gasteiger partial charge in [-0.3, -0.25) is 14.5 Å². The van der Waals surface area contributed by atoms with Crippen LogP contribution < -0.4 is 0 Å². The van der Waals surface area contributed by atoms with E-state index in [1.54, 1.807) is 38.1 Å². The van der Waals surface area contributed by atoms with Crippen LogP contribution in [0.4, 0.5) is 0 Å². The van der Waals surface area contributed by atoms with E-state index in [1.165, 1.54) is 4.90 Å². The van der Waals surface area contributed by atoms with Crippen LogP contribution in [-0.4, -0.2) is 16.7 Å². The van der Waals surface area contributed by atoms with Crippen LogP contribution in [0.1, 0.15) is 25.0 Å². The molecule has 1 aromatic carbocycles. The Balaban J connectivity index is 2.19. The largest absolute Gasteiger partial charge is 0.270 e. The van der Waals surface area contributed by atoms with Crippen LogP contribution in [0.25, 0.3) is 0 Å². The summed E-state index contributed by atoms with van der Waals surface area (Å²) in [5.74, 6) is -0.469. The van der Waals surface area contributed by atoms with E-state index in [0.29, 0.717) is 16.7 Å². The molecule has 0 saturated carbocycles. The fourth-order valence-electron chi connectivity index (χ4n) is 1.83. The van der Waals surface area contributed by atoms with Gasteiger partial charge in [0.15, 0.2) is 0 Å². The smallest absolute Gasteiger partial charge is 0.257 e. The molecule has 1 aliphatic rings. The quantitative estimate of drug-likeness (QED) is 0.740. The number of carbonyl (C=O) groups excluding carboxylic acids is 2. The van der Waals surface area contributed by atoms with Gasteiger partial charge in [0, 0.05) is 11.1 Å². The maximum Gasteiger partial charge on any atom is 0.257 e. The Labute approximate surface area is 105 Å². The second kappa shape index (κ2) is 4.46. The fourth-order valence-corrected chi connectivity index (χ4v) is 1.83. The Morgan fingerprint density at radius 1 is 1.06 bits per heavy atom. The second-order valence-corrected chi connectivity index (χ2v) is 4.26. The third-order valence-electron chi connectivity index (χ3n) is 3.12. The number of nitrogens with zero attached hydrogens (tertiary/aromatic N) is 2. The molecular weight excluding hydrogens is 228 g/mol. The van der Waals surface area contributed by atoms with Crippen LogP contribution in [0.5, 0.6) is 0 Å². The van der Waals surface area contributed by atoms with Crippen LogP contribution >= 0.6 is 0 Å². The Bertz CT molecular complexity index is 567. The first-order chi connectivity index (χ1) is 8.54. The van der Waals surface area contributed by atoms with Gasteiger partial charge in [-0.25, -0.2) is 0 Å². The molecule has 0 unspecified atom stereocenters. The minimum atomic E-state index is -0.234. The van der Waals surface area contributed by atoms with Crippen molar-refractivity contribution in [2.75, 3.05) is 0 Å². The molecule has 2 rings (SSSR count). The first kappa shape index (κ1) is 12.1. The lowest BCUT2D eigenvalue weighted by atomic mass is 10.1. The summed E-state index contributed by atoms with van der Waals surface area (Å²) >= 11 is 0. The van der Waals surface area contributed by atoms with Crippen molar-refractivity contribution >= 4 is 11.8 Å². The molecule has 1 heterocycles. The Morgan fingerprint density at radius 3 is 2.00 bits per heavy atom. The third kappa shape index (κ3) is 1.91. The third-order valence-corrected chi connectivity index (χ3v) is 3.12. The van der Waals surface area contributed by atoms with E-state index in [4.69, 9.17) is 5.26 Å². The SMILES string of the molecule is CC1=C(C)C(=O)N(Cc2ccc(C#N)cc2)C1=O. The summed E-state index contributed by atoms with van der Waals surface area (Å²) in [5, 5.41) is 8.69. The van der Waals surface area contributed by atoms with Gasteiger partial charge in [-0.2, -0.15) is 5.26 Å². The summed E-state index contributed by atoms with van der Waals surface area (Å²) in [6.07, 6.45) is 0. The molecule has 4 nitrogen and oxygen atoms in total. The zero-order valence-corrected chi connectivity index (χ0v) is 10.2. The Hall–Kier alpha value is -2.41. The molecule has 0 radical (unpaired) electrons. The van der Waals surface area contributed by atoms with Gasteiger partial charge in [-0.1, -0.05) is 12.1 Å². The first-order valence-corrected chi connectivity index (χ1v) is 5.57. The first-order valence-electron chi connectivity index (χ1n) is 5.57. The van der Waals surface area contributed by atoms with E-state index in [-0.39, 0.29) is 18.4 Å². The van der Waals surface area contributed by atoms with Gasteiger partial charge in [0.05, 0.1) is 18.2 Å². The van der Waals surface area contributed by atoms with Crippen molar-refractivity contribution in [1.29, 1.82) is 5.26 Å². The molecule has 0 saturated heterocycles. The summed E-state index contributed by atoms with van der Waals surface area (Å²) in [7, 11) is 0. The average Bonchev–Trinajstić information content (AvgIpc) is 2.57. The summed E-state index contributed by atoms with van der Waals surface area (Å²) in [5.41, 5.74) is 2.41. The summed E-state index contributed by atoms with van der Waals surface area (Å²) in [6.45, 7) is 3.57. The van der Waals surface area contributed by atoms with Crippen LogP contribution in [0.15, 0.2) is 35.4 Å². The molecule has 1 aromatic rings. The van der Waals surface area contributed by atoms with Crippen LogP contribution in [0, 0.1) is 11.3 Å². The maximum absolute atomic E-state index is 11.8. The van der Waals surface area contributed by atoms with Gasteiger partial charge in [0.1, 0.15) is 0 Å². The number of imide groups is 1. The van der Waals surface area contributed by atoms with Crippen molar-refractivity contribution in [3.05, 3.63) is 46.5 Å². The van der Waals surface area contributed by atoms with Crippen molar-refractivity contribution < 1.29 is 9.59 Å². The van der Waals surface area contributed by atoms with Gasteiger partial charge in [-0.05, 0) is 31.5 Å². The van der Waals surface area contributed by atoms with Crippen molar-refractivity contribution in [3.63, 3.8) is 0 Å². The standard InChI is InChI=1S/C14H12N2O2/c1-9-10(2)14(18)16(13(9)17)8-12-5-3-11(7-15)4-6-12/h3-6H,8H2,1-2H3. The molecule has 0 atom stereocenters. The minimum absolute atomic E-state index is 0.234. The van der Waals surface area contributed by atoms with Crippen molar-refractivity contribution in [2.45, 2.75) is 20.4 Å². The van der Waals surface area contributed by atoms with Gasteiger partial charge in [-0.15, -0.1) is 0 Å². The predicted octanol–water partition coefficient (Wildman–Crippen LogP) is 1.76. The number of hydrogen-bond acceptors (Lipinski definition) is 3. The zero-order valence-electron chi connectivity index (χ0n) is 10.2. The minimum Gasteiger partial charge on any atom is -0.270 e. The molecule has 0 bridgehead atoms. The molecule has 0 aliphatic carbocycles. The fraction of sp³-hybridized carbons (Fsp3) is 0.214. The van der Waals surface area contributed by atoms with E-state index in [9.17, 15) is 9.59 Å². The topological polar surface area (TPSA) is 61.2 Å². The van der Waals surface area contributed by atoms with Gasteiger partial charge < -0.3 is 0 Å². The summed E-state index contributed by atoms with van der Waals surface area (Å²) in [4.78, 5) is 24.9. The molecule has 0 aromatic heterocycles. The van der Waals surface area contributed by atoms with Crippen LogP contribution in [0.2, 0.25) is 0 Å². The number of nitriles is 1. The molecule has 2 amide bonds. The molecule has 90 valence electrons. The van der Waals surface area contributed by atoms with E-state index >= 15 is 0 Å². The molecule has 0 N–H and O–H groups in total. The number of hydrogen-bond donors (Lipinski definition) is 0. The van der Waals surface area contributed by atoms with Crippen molar-refractivity contribution in [1.82, 2.24) is 4.90 Å². The van der Waals surface area contributed by atoms with E-state index in [2.05, 4.69) is 0 Å². The lowest BCUT2D eigenvalue weighted by Gasteiger charge is -2.14. The number of carbonyl (C=O) groups is 2. The normalized spacial score (nSPS) is 15.3. The molecule has 0 spiro atoms. The predicted molar refractivity (Wildman–Crippen MR) is 65.1 cm³/mol. The number of amides is 2. The highest BCUT2D eigenvalue weighted by molar-refractivity contribution is 6.18. The van der Waals surface area contributed by atoms with E-state index in [1.807, 2.05) is 6.07 Å². The second-order valence-electron chi connectivity index (χ2n) is 4.26. The lowest BCUT2D eigenvalue weighted by molar-refractivity contribution is -0.138. The monoisotopic (exact) mass is 240 g/mol. The average molecular weight is 240 g/mol. The molecule has 0 fully saturated rings. The van der Waals surface area contributed by atoms with E-state index < -0.39 is 0 Å². The summed E-state index contributed by atoms with van der Waals surface area (Å²) in [6, 6.07) is 8.88. The van der Waals surface area contributed by atoms with Crippen molar-refractivity contribution in [2.24, 2.45) is 0 Å². The van der Waals surface area contributed by atoms with Crippen molar-refractivity contribution in [3.8, 4) is 6.07 Å². The molecule has 4 heteroatoms. The number of rotatable bonds is 2. The van der Waals surface area contributed by atoms with Gasteiger partial charge >= 0.3 is 0 Å². The van der Waals surface area contributed by atoms with Gasteiger partial charge in [0.25, 0.3) is 11.8 Å². The maximum atomic E-state index is 11.8. The summed E-state index contributed by atoms with van der Waals surface area (Å²) < 4.78 is 0.